The van der Waals surface area contributed by atoms with Crippen LogP contribution in [0.5, 0.6) is 0 Å². The Bertz CT molecular complexity index is 714. The minimum absolute atomic E-state index is 0. The predicted molar refractivity (Wildman–Crippen MR) is 122 cm³/mol. The highest BCUT2D eigenvalue weighted by Crippen LogP contribution is 2.33. The second kappa shape index (κ2) is 10.5. The summed E-state index contributed by atoms with van der Waals surface area (Å²) >= 11 is 0. The molecule has 3 N–H and O–H groups in total. The number of amides is 3. The quantitative estimate of drug-likeness (QED) is 0.661. The molecule has 0 aromatic heterocycles. The van der Waals surface area contributed by atoms with Crippen LogP contribution >= 0.6 is 12.4 Å². The third kappa shape index (κ3) is 6.11. The van der Waals surface area contributed by atoms with Gasteiger partial charge in [0.15, 0.2) is 0 Å². The van der Waals surface area contributed by atoms with E-state index >= 15 is 0 Å². The van der Waals surface area contributed by atoms with Gasteiger partial charge in [-0.2, -0.15) is 0 Å². The van der Waals surface area contributed by atoms with Gasteiger partial charge in [-0.25, -0.2) is 4.79 Å². The second-order valence-electron chi connectivity index (χ2n) is 9.23. The number of hydrogen-bond donors (Lipinski definition) is 3. The van der Waals surface area contributed by atoms with Crippen LogP contribution in [0.3, 0.4) is 0 Å². The molecule has 3 fully saturated rings. The Balaban J connectivity index is 0.00000256. The summed E-state index contributed by atoms with van der Waals surface area (Å²) in [6, 6.07) is 8.87. The zero-order valence-corrected chi connectivity index (χ0v) is 18.7. The van der Waals surface area contributed by atoms with Gasteiger partial charge in [-0.1, -0.05) is 17.7 Å². The number of aryl methyl sites for hydroxylation is 1. The molecule has 30 heavy (non-hydrogen) atoms. The van der Waals surface area contributed by atoms with E-state index in [0.29, 0.717) is 42.8 Å². The molecule has 166 valence electrons. The number of nitrogens with one attached hydrogen (secondary N) is 3. The SMILES string of the molecule is Cc1ccc(NC(=O)NCC2CCCN(C(=O)CC3CC4CCC(C3)N4)C2)cc1.Cl. The Morgan fingerprint density at radius 2 is 1.77 bits per heavy atom. The van der Waals surface area contributed by atoms with E-state index in [0.717, 1.165) is 44.5 Å². The fourth-order valence-corrected chi connectivity index (χ4v) is 5.23. The molecule has 6 nitrogen and oxygen atoms in total. The molecule has 1 aromatic rings. The number of urea groups is 1. The van der Waals surface area contributed by atoms with Gasteiger partial charge >= 0.3 is 6.03 Å². The Morgan fingerprint density at radius 1 is 1.07 bits per heavy atom. The summed E-state index contributed by atoms with van der Waals surface area (Å²) in [7, 11) is 0. The number of fused-ring (bicyclic) bond motifs is 2. The third-order valence-corrected chi connectivity index (χ3v) is 6.77. The Kier molecular flexibility index (Phi) is 8.00. The van der Waals surface area contributed by atoms with Crippen LogP contribution in [0.1, 0.15) is 50.5 Å². The van der Waals surface area contributed by atoms with E-state index in [-0.39, 0.29) is 18.4 Å². The zero-order valence-electron chi connectivity index (χ0n) is 17.9. The molecule has 0 aliphatic carbocycles. The fraction of sp³-hybridized carbons (Fsp3) is 0.652. The normalized spacial score (nSPS) is 27.8. The number of benzene rings is 1. The molecule has 3 unspecified atom stereocenters. The average molecular weight is 435 g/mol. The maximum atomic E-state index is 12.9. The molecule has 3 saturated heterocycles. The maximum Gasteiger partial charge on any atom is 0.319 e. The van der Waals surface area contributed by atoms with E-state index in [2.05, 4.69) is 16.0 Å². The second-order valence-corrected chi connectivity index (χ2v) is 9.23. The Labute approximate surface area is 186 Å². The molecule has 3 atom stereocenters. The lowest BCUT2D eigenvalue weighted by Gasteiger charge is -2.35. The molecule has 2 bridgehead atoms. The highest BCUT2D eigenvalue weighted by atomic mass is 35.5. The van der Waals surface area contributed by atoms with E-state index in [9.17, 15) is 9.59 Å². The molecule has 0 radical (unpaired) electrons. The number of piperidine rings is 2. The van der Waals surface area contributed by atoms with Gasteiger partial charge in [0.25, 0.3) is 0 Å². The number of hydrogen-bond acceptors (Lipinski definition) is 3. The summed E-state index contributed by atoms with van der Waals surface area (Å²) in [6.07, 6.45) is 7.64. The summed E-state index contributed by atoms with van der Waals surface area (Å²) in [5.41, 5.74) is 1.96. The molecular formula is C23H35ClN4O2. The van der Waals surface area contributed by atoms with Crippen molar-refractivity contribution in [3.63, 3.8) is 0 Å². The maximum absolute atomic E-state index is 12.9. The topological polar surface area (TPSA) is 73.5 Å². The molecule has 0 saturated carbocycles. The van der Waals surface area contributed by atoms with Crippen LogP contribution in [0.4, 0.5) is 10.5 Å². The monoisotopic (exact) mass is 434 g/mol. The third-order valence-electron chi connectivity index (χ3n) is 6.77. The number of rotatable bonds is 5. The molecule has 4 rings (SSSR count). The summed E-state index contributed by atoms with van der Waals surface area (Å²) in [6.45, 7) is 4.26. The van der Waals surface area contributed by atoms with Gasteiger partial charge in [0.2, 0.25) is 5.91 Å². The van der Waals surface area contributed by atoms with Crippen molar-refractivity contribution in [3.05, 3.63) is 29.8 Å². The standard InChI is InChI=1S/C23H34N4O2.ClH/c1-16-4-6-19(7-5-16)26-23(29)24-14-17-3-2-10-27(15-17)22(28)13-18-11-20-8-9-21(12-18)25-20;/h4-7,17-18,20-21,25H,2-3,8-15H2,1H3,(H2,24,26,29);1H. The lowest BCUT2D eigenvalue weighted by molar-refractivity contribution is -0.134. The minimum atomic E-state index is -0.178. The van der Waals surface area contributed by atoms with Crippen LogP contribution in [0.2, 0.25) is 0 Å². The first-order chi connectivity index (χ1) is 14.0. The molecule has 7 heteroatoms. The van der Waals surface area contributed by atoms with Crippen LogP contribution in [0, 0.1) is 18.8 Å². The molecule has 3 heterocycles. The number of carbonyl (C=O) groups is 2. The first-order valence-electron chi connectivity index (χ1n) is 11.2. The summed E-state index contributed by atoms with van der Waals surface area (Å²) in [5, 5.41) is 9.51. The number of carbonyl (C=O) groups excluding carboxylic acids is 2. The fourth-order valence-electron chi connectivity index (χ4n) is 5.23. The van der Waals surface area contributed by atoms with Crippen LogP contribution in [-0.4, -0.2) is 48.6 Å². The van der Waals surface area contributed by atoms with E-state index in [1.807, 2.05) is 36.1 Å². The van der Waals surface area contributed by atoms with Gasteiger partial charge < -0.3 is 20.9 Å². The van der Waals surface area contributed by atoms with Crippen LogP contribution in [0.25, 0.3) is 0 Å². The molecule has 0 spiro atoms. The van der Waals surface area contributed by atoms with Crippen molar-refractivity contribution in [3.8, 4) is 0 Å². The first-order valence-corrected chi connectivity index (χ1v) is 11.2. The zero-order chi connectivity index (χ0) is 20.2. The summed E-state index contributed by atoms with van der Waals surface area (Å²) in [5.74, 6) is 1.19. The minimum Gasteiger partial charge on any atom is -0.342 e. The highest BCUT2D eigenvalue weighted by molar-refractivity contribution is 5.89. The lowest BCUT2D eigenvalue weighted by Crippen LogP contribution is -2.45. The van der Waals surface area contributed by atoms with Gasteiger partial charge in [-0.05, 0) is 69.4 Å². The largest absolute Gasteiger partial charge is 0.342 e. The van der Waals surface area contributed by atoms with E-state index in [1.54, 1.807) is 0 Å². The number of likely N-dealkylation sites (tertiary alicyclic amines) is 1. The van der Waals surface area contributed by atoms with Crippen molar-refractivity contribution in [2.24, 2.45) is 11.8 Å². The number of anilines is 1. The lowest BCUT2D eigenvalue weighted by atomic mass is 9.88. The van der Waals surface area contributed by atoms with E-state index in [1.165, 1.54) is 18.4 Å². The van der Waals surface area contributed by atoms with Gasteiger partial charge in [0.05, 0.1) is 0 Å². The van der Waals surface area contributed by atoms with Gasteiger partial charge in [0.1, 0.15) is 0 Å². The number of halogens is 1. The van der Waals surface area contributed by atoms with Crippen molar-refractivity contribution in [2.45, 2.75) is 64.0 Å². The van der Waals surface area contributed by atoms with Crippen molar-refractivity contribution >= 4 is 30.0 Å². The van der Waals surface area contributed by atoms with E-state index in [4.69, 9.17) is 0 Å². The van der Waals surface area contributed by atoms with Crippen molar-refractivity contribution in [2.75, 3.05) is 25.0 Å². The van der Waals surface area contributed by atoms with Gasteiger partial charge in [0, 0.05) is 43.8 Å². The van der Waals surface area contributed by atoms with Crippen molar-refractivity contribution in [1.82, 2.24) is 15.5 Å². The van der Waals surface area contributed by atoms with Crippen molar-refractivity contribution < 1.29 is 9.59 Å². The Morgan fingerprint density at radius 3 is 2.47 bits per heavy atom. The Hall–Kier alpha value is -1.79. The highest BCUT2D eigenvalue weighted by Gasteiger charge is 2.35. The molecule has 3 aliphatic rings. The summed E-state index contributed by atoms with van der Waals surface area (Å²) in [4.78, 5) is 27.1. The first kappa shape index (κ1) is 22.9. The predicted octanol–water partition coefficient (Wildman–Crippen LogP) is 3.70. The van der Waals surface area contributed by atoms with Gasteiger partial charge in [-0.3, -0.25) is 4.79 Å². The van der Waals surface area contributed by atoms with Crippen LogP contribution in [0.15, 0.2) is 24.3 Å². The van der Waals surface area contributed by atoms with Crippen LogP contribution < -0.4 is 16.0 Å². The van der Waals surface area contributed by atoms with Crippen molar-refractivity contribution in [1.29, 1.82) is 0 Å². The molecule has 3 aliphatic heterocycles. The number of nitrogens with zero attached hydrogens (tertiary/aromatic N) is 1. The van der Waals surface area contributed by atoms with E-state index < -0.39 is 0 Å². The molecule has 3 amide bonds. The summed E-state index contributed by atoms with van der Waals surface area (Å²) < 4.78 is 0. The van der Waals surface area contributed by atoms with Crippen LogP contribution in [-0.2, 0) is 4.79 Å². The average Bonchev–Trinajstić information content (AvgIpc) is 3.06. The molecular weight excluding hydrogens is 400 g/mol. The smallest absolute Gasteiger partial charge is 0.319 e. The molecule has 1 aromatic carbocycles. The van der Waals surface area contributed by atoms with Gasteiger partial charge in [-0.15, -0.1) is 12.4 Å².